The molecule has 1 N–H and O–H groups in total. The van der Waals surface area contributed by atoms with Gasteiger partial charge in [0.05, 0.1) is 11.6 Å². The summed E-state index contributed by atoms with van der Waals surface area (Å²) in [6.45, 7) is 1.12. The fourth-order valence-electron chi connectivity index (χ4n) is 4.76. The van der Waals surface area contributed by atoms with E-state index in [4.69, 9.17) is 0 Å². The van der Waals surface area contributed by atoms with Crippen molar-refractivity contribution in [2.75, 3.05) is 13.6 Å². The summed E-state index contributed by atoms with van der Waals surface area (Å²) in [6.07, 6.45) is 8.10. The van der Waals surface area contributed by atoms with Crippen molar-refractivity contribution in [1.82, 2.24) is 15.2 Å². The Balaban J connectivity index is 1.70. The number of halogens is 1. The molecule has 1 saturated carbocycles. The molecule has 3 aliphatic rings. The molecule has 1 amide bonds. The number of aromatic nitrogens is 1. The number of carbonyl (C=O) groups excluding carboxylic acids is 1. The number of rotatable bonds is 4. The van der Waals surface area contributed by atoms with E-state index >= 15 is 0 Å². The molecule has 2 bridgehead atoms. The van der Waals surface area contributed by atoms with Crippen molar-refractivity contribution < 1.29 is 4.79 Å². The first-order valence-electron chi connectivity index (χ1n) is 9.27. The Kier molecular flexibility index (Phi) is 4.84. The zero-order chi connectivity index (χ0) is 18.1. The van der Waals surface area contributed by atoms with Crippen molar-refractivity contribution in [1.29, 1.82) is 0 Å². The maximum absolute atomic E-state index is 13.1. The molecular weight excluding hydrogens is 390 g/mol. The van der Waals surface area contributed by atoms with Gasteiger partial charge < -0.3 is 5.32 Å². The molecule has 1 aromatic carbocycles. The monoisotopic (exact) mass is 413 g/mol. The van der Waals surface area contributed by atoms with Crippen LogP contribution in [0.3, 0.4) is 0 Å². The summed E-state index contributed by atoms with van der Waals surface area (Å²) in [5.74, 6) is 0.756. The first kappa shape index (κ1) is 17.7. The van der Waals surface area contributed by atoms with Crippen LogP contribution >= 0.6 is 15.9 Å². The highest BCUT2D eigenvalue weighted by Gasteiger charge is 2.50. The van der Waals surface area contributed by atoms with E-state index in [-0.39, 0.29) is 17.5 Å². The second-order valence-corrected chi connectivity index (χ2v) is 8.45. The first-order valence-corrected chi connectivity index (χ1v) is 10.1. The third-order valence-corrected chi connectivity index (χ3v) is 6.86. The van der Waals surface area contributed by atoms with Crippen molar-refractivity contribution >= 4 is 21.8 Å². The molecule has 1 aromatic heterocycles. The molecule has 4 nitrogen and oxygen atoms in total. The fraction of sp³-hybridized carbons (Fsp3) is 0.429. The molecule has 1 atom stereocenters. The molecule has 5 heteroatoms. The number of benzene rings is 1. The van der Waals surface area contributed by atoms with Crippen molar-refractivity contribution in [2.24, 2.45) is 5.92 Å². The number of pyridine rings is 1. The van der Waals surface area contributed by atoms with Crippen LogP contribution in [0.5, 0.6) is 0 Å². The molecule has 3 fully saturated rings. The van der Waals surface area contributed by atoms with Gasteiger partial charge in [0.1, 0.15) is 0 Å². The summed E-state index contributed by atoms with van der Waals surface area (Å²) in [5.41, 5.74) is 1.80. The molecule has 136 valence electrons. The molecule has 1 aliphatic carbocycles. The SMILES string of the molecule is CN1CC2CCC1([C@H](NC(=O)c1ccncc1Br)c1ccccc1)CC2. The molecule has 2 saturated heterocycles. The number of hydrogen-bond acceptors (Lipinski definition) is 3. The van der Waals surface area contributed by atoms with Gasteiger partial charge in [-0.05, 0) is 66.2 Å². The van der Waals surface area contributed by atoms with E-state index in [1.165, 1.54) is 18.4 Å². The molecule has 2 aromatic rings. The Labute approximate surface area is 163 Å². The van der Waals surface area contributed by atoms with E-state index in [0.717, 1.165) is 29.8 Å². The molecule has 5 rings (SSSR count). The van der Waals surface area contributed by atoms with E-state index < -0.39 is 0 Å². The van der Waals surface area contributed by atoms with Gasteiger partial charge in [-0.2, -0.15) is 0 Å². The molecule has 26 heavy (non-hydrogen) atoms. The minimum Gasteiger partial charge on any atom is -0.343 e. The Hall–Kier alpha value is -1.72. The number of amides is 1. The minimum absolute atomic E-state index is 0.00866. The minimum atomic E-state index is -0.0522. The summed E-state index contributed by atoms with van der Waals surface area (Å²) < 4.78 is 0.725. The summed E-state index contributed by atoms with van der Waals surface area (Å²) in [4.78, 5) is 19.6. The first-order chi connectivity index (χ1) is 12.6. The quantitative estimate of drug-likeness (QED) is 0.816. The number of nitrogens with zero attached hydrogens (tertiary/aromatic N) is 2. The van der Waals surface area contributed by atoms with E-state index in [9.17, 15) is 4.79 Å². The Morgan fingerprint density at radius 3 is 2.65 bits per heavy atom. The van der Waals surface area contributed by atoms with Gasteiger partial charge in [-0.25, -0.2) is 0 Å². The lowest BCUT2D eigenvalue weighted by Gasteiger charge is -2.57. The van der Waals surface area contributed by atoms with Crippen molar-refractivity contribution in [3.05, 3.63) is 64.4 Å². The summed E-state index contributed by atoms with van der Waals surface area (Å²) >= 11 is 3.46. The van der Waals surface area contributed by atoms with E-state index in [0.29, 0.717) is 5.56 Å². The maximum atomic E-state index is 13.1. The van der Waals surface area contributed by atoms with E-state index in [1.54, 1.807) is 18.5 Å². The molecule has 0 spiro atoms. The second-order valence-electron chi connectivity index (χ2n) is 7.60. The summed E-state index contributed by atoms with van der Waals surface area (Å²) in [5, 5.41) is 3.37. The molecule has 0 radical (unpaired) electrons. The van der Waals surface area contributed by atoms with Gasteiger partial charge in [0.15, 0.2) is 0 Å². The lowest BCUT2D eigenvalue weighted by atomic mass is 9.66. The van der Waals surface area contributed by atoms with Crippen LogP contribution in [0.25, 0.3) is 0 Å². The molecular formula is C21H24BrN3O. The molecule has 0 unspecified atom stereocenters. The predicted octanol–water partition coefficient (Wildman–Crippen LogP) is 4.19. The van der Waals surface area contributed by atoms with E-state index in [1.807, 2.05) is 6.07 Å². The average molecular weight is 414 g/mol. The summed E-state index contributed by atoms with van der Waals surface area (Å²) in [7, 11) is 2.22. The Morgan fingerprint density at radius 2 is 2.00 bits per heavy atom. The van der Waals surface area contributed by atoms with Crippen LogP contribution in [0.1, 0.15) is 47.6 Å². The zero-order valence-electron chi connectivity index (χ0n) is 15.0. The highest BCUT2D eigenvalue weighted by Crippen LogP contribution is 2.49. The lowest BCUT2D eigenvalue weighted by molar-refractivity contribution is -0.0404. The highest BCUT2D eigenvalue weighted by molar-refractivity contribution is 9.10. The third kappa shape index (κ3) is 3.08. The van der Waals surface area contributed by atoms with Crippen molar-refractivity contribution in [2.45, 2.75) is 37.3 Å². The number of fused-ring (bicyclic) bond motifs is 3. The number of nitrogens with one attached hydrogen (secondary N) is 1. The lowest BCUT2D eigenvalue weighted by Crippen LogP contribution is -2.62. The zero-order valence-corrected chi connectivity index (χ0v) is 16.6. The van der Waals surface area contributed by atoms with Crippen LogP contribution < -0.4 is 5.32 Å². The number of carbonyl (C=O) groups is 1. The van der Waals surface area contributed by atoms with E-state index in [2.05, 4.69) is 62.4 Å². The average Bonchev–Trinajstić information content (AvgIpc) is 2.68. The van der Waals surface area contributed by atoms with Gasteiger partial charge in [0, 0.05) is 29.0 Å². The van der Waals surface area contributed by atoms with Crippen molar-refractivity contribution in [3.8, 4) is 0 Å². The van der Waals surface area contributed by atoms with Crippen LogP contribution in [-0.2, 0) is 0 Å². The predicted molar refractivity (Wildman–Crippen MR) is 106 cm³/mol. The van der Waals surface area contributed by atoms with Gasteiger partial charge >= 0.3 is 0 Å². The van der Waals surface area contributed by atoms with Crippen molar-refractivity contribution in [3.63, 3.8) is 0 Å². The third-order valence-electron chi connectivity index (χ3n) is 6.23. The maximum Gasteiger partial charge on any atom is 0.253 e. The number of piperidine rings is 2. The largest absolute Gasteiger partial charge is 0.343 e. The van der Waals surface area contributed by atoms with Crippen LogP contribution in [0.2, 0.25) is 0 Å². The summed E-state index contributed by atoms with van der Waals surface area (Å²) in [6, 6.07) is 12.2. The normalized spacial score (nSPS) is 26.5. The van der Waals surface area contributed by atoms with Gasteiger partial charge in [-0.15, -0.1) is 0 Å². The number of hydrogen-bond donors (Lipinski definition) is 1. The fourth-order valence-corrected chi connectivity index (χ4v) is 5.19. The van der Waals surface area contributed by atoms with Gasteiger partial charge in [-0.3, -0.25) is 14.7 Å². The van der Waals surface area contributed by atoms with Gasteiger partial charge in [0.25, 0.3) is 5.91 Å². The topological polar surface area (TPSA) is 45.2 Å². The van der Waals surface area contributed by atoms with Crippen LogP contribution in [-0.4, -0.2) is 34.9 Å². The standard InChI is InChI=1S/C21H24BrN3O/c1-25-14-15-7-10-21(25,11-8-15)19(16-5-3-2-4-6-16)24-20(26)17-9-12-23-13-18(17)22/h2-6,9,12-13,15,19H,7-8,10-11,14H2,1H3,(H,24,26)/t15?,19-,21?/m1/s1. The molecule has 3 heterocycles. The number of likely N-dealkylation sites (N-methyl/N-ethyl adjacent to an activating group) is 1. The van der Waals surface area contributed by atoms with Crippen LogP contribution in [0.4, 0.5) is 0 Å². The second kappa shape index (κ2) is 7.12. The molecule has 2 aliphatic heterocycles. The Bertz CT molecular complexity index is 787. The smallest absolute Gasteiger partial charge is 0.253 e. The van der Waals surface area contributed by atoms with Gasteiger partial charge in [0.2, 0.25) is 0 Å². The highest BCUT2D eigenvalue weighted by atomic mass is 79.9. The Morgan fingerprint density at radius 1 is 1.27 bits per heavy atom. The van der Waals surface area contributed by atoms with Crippen LogP contribution in [0.15, 0.2) is 53.3 Å². The van der Waals surface area contributed by atoms with Gasteiger partial charge in [-0.1, -0.05) is 30.3 Å². The van der Waals surface area contributed by atoms with Crippen LogP contribution in [0, 0.1) is 5.92 Å².